The van der Waals surface area contributed by atoms with Gasteiger partial charge in [-0.3, -0.25) is 0 Å². The van der Waals surface area contributed by atoms with Gasteiger partial charge in [-0.2, -0.15) is 5.26 Å². The van der Waals surface area contributed by atoms with Gasteiger partial charge >= 0.3 is 5.97 Å². The minimum absolute atomic E-state index is 0.182. The number of carboxylic acid groups (broad SMARTS) is 1. The van der Waals surface area contributed by atoms with Crippen molar-refractivity contribution in [1.82, 2.24) is 15.0 Å². The summed E-state index contributed by atoms with van der Waals surface area (Å²) in [6.07, 6.45) is 0. The minimum atomic E-state index is -0.992. The average molecular weight is 278 g/mol. The molecule has 0 fully saturated rings. The zero-order valence-corrected chi connectivity index (χ0v) is 10.9. The molecule has 1 heterocycles. The van der Waals surface area contributed by atoms with Gasteiger partial charge in [-0.05, 0) is 35.9 Å². The molecule has 0 atom stereocenters. The Hall–Kier alpha value is -3.20. The number of nitrogens with zero attached hydrogens (tertiary/aromatic N) is 4. The number of fused-ring (bicyclic) bond motifs is 1. The van der Waals surface area contributed by atoms with Gasteiger partial charge in [0.2, 0.25) is 0 Å². The van der Waals surface area contributed by atoms with E-state index in [-0.39, 0.29) is 5.56 Å². The van der Waals surface area contributed by atoms with Crippen molar-refractivity contribution in [2.24, 2.45) is 0 Å². The Kier molecular flexibility index (Phi) is 3.09. The van der Waals surface area contributed by atoms with Gasteiger partial charge in [0.15, 0.2) is 0 Å². The van der Waals surface area contributed by atoms with E-state index < -0.39 is 5.97 Å². The van der Waals surface area contributed by atoms with Crippen LogP contribution in [0.2, 0.25) is 0 Å². The fraction of sp³-hybridized carbons (Fsp3) is 0.0667. The van der Waals surface area contributed by atoms with E-state index in [4.69, 9.17) is 10.4 Å². The topological polar surface area (TPSA) is 91.8 Å². The molecule has 0 radical (unpaired) electrons. The Morgan fingerprint density at radius 3 is 2.90 bits per heavy atom. The highest BCUT2D eigenvalue weighted by Gasteiger charge is 2.09. The largest absolute Gasteiger partial charge is 0.478 e. The van der Waals surface area contributed by atoms with Crippen molar-refractivity contribution in [1.29, 1.82) is 5.26 Å². The van der Waals surface area contributed by atoms with Gasteiger partial charge in [0, 0.05) is 0 Å². The summed E-state index contributed by atoms with van der Waals surface area (Å²) in [6.45, 7) is 0.471. The highest BCUT2D eigenvalue weighted by Crippen LogP contribution is 2.15. The van der Waals surface area contributed by atoms with Crippen LogP contribution in [0.1, 0.15) is 21.5 Å². The molecule has 2 aromatic carbocycles. The van der Waals surface area contributed by atoms with Gasteiger partial charge in [-0.1, -0.05) is 17.3 Å². The van der Waals surface area contributed by atoms with Crippen LogP contribution >= 0.6 is 0 Å². The van der Waals surface area contributed by atoms with Crippen molar-refractivity contribution in [3.63, 3.8) is 0 Å². The number of hydrogen-bond acceptors (Lipinski definition) is 4. The number of aromatic carboxylic acids is 1. The molecule has 1 aromatic heterocycles. The summed E-state index contributed by atoms with van der Waals surface area (Å²) in [5, 5.41) is 25.9. The van der Waals surface area contributed by atoms with Crippen LogP contribution in [0.5, 0.6) is 0 Å². The maximum absolute atomic E-state index is 10.9. The van der Waals surface area contributed by atoms with Gasteiger partial charge in [0.1, 0.15) is 5.52 Å². The van der Waals surface area contributed by atoms with Crippen molar-refractivity contribution < 1.29 is 9.90 Å². The highest BCUT2D eigenvalue weighted by atomic mass is 16.4. The number of benzene rings is 2. The molecule has 21 heavy (non-hydrogen) atoms. The molecule has 0 aliphatic rings. The molecular weight excluding hydrogens is 268 g/mol. The molecule has 0 saturated heterocycles. The van der Waals surface area contributed by atoms with Crippen molar-refractivity contribution in [2.75, 3.05) is 0 Å². The highest BCUT2D eigenvalue weighted by molar-refractivity contribution is 5.92. The third kappa shape index (κ3) is 2.44. The number of rotatable bonds is 3. The Morgan fingerprint density at radius 2 is 2.14 bits per heavy atom. The molecule has 0 aliphatic heterocycles. The first-order chi connectivity index (χ1) is 10.2. The van der Waals surface area contributed by atoms with E-state index in [2.05, 4.69) is 16.4 Å². The summed E-state index contributed by atoms with van der Waals surface area (Å²) in [4.78, 5) is 10.9. The average Bonchev–Trinajstić information content (AvgIpc) is 2.90. The van der Waals surface area contributed by atoms with E-state index >= 15 is 0 Å². The number of aromatic nitrogens is 3. The van der Waals surface area contributed by atoms with Crippen LogP contribution in [0.3, 0.4) is 0 Å². The fourth-order valence-corrected chi connectivity index (χ4v) is 2.13. The lowest BCUT2D eigenvalue weighted by Crippen LogP contribution is -2.02. The molecule has 0 aliphatic carbocycles. The third-order valence-corrected chi connectivity index (χ3v) is 3.15. The lowest BCUT2D eigenvalue weighted by molar-refractivity contribution is 0.0697. The second-order valence-corrected chi connectivity index (χ2v) is 4.57. The van der Waals surface area contributed by atoms with Crippen molar-refractivity contribution in [3.05, 3.63) is 59.2 Å². The van der Waals surface area contributed by atoms with Gasteiger partial charge in [-0.15, -0.1) is 5.10 Å². The molecule has 0 bridgehead atoms. The number of carbonyl (C=O) groups is 1. The Morgan fingerprint density at radius 1 is 1.29 bits per heavy atom. The second-order valence-electron chi connectivity index (χ2n) is 4.57. The van der Waals surface area contributed by atoms with E-state index in [1.165, 1.54) is 12.1 Å². The summed E-state index contributed by atoms with van der Waals surface area (Å²) in [6, 6.07) is 14.0. The van der Waals surface area contributed by atoms with E-state index in [9.17, 15) is 4.79 Å². The summed E-state index contributed by atoms with van der Waals surface area (Å²) >= 11 is 0. The van der Waals surface area contributed by atoms with Crippen molar-refractivity contribution in [2.45, 2.75) is 6.54 Å². The molecular formula is C15H10N4O2. The molecule has 3 aromatic rings. The molecule has 102 valence electrons. The van der Waals surface area contributed by atoms with Crippen LogP contribution in [-0.2, 0) is 6.54 Å². The van der Waals surface area contributed by atoms with Gasteiger partial charge < -0.3 is 5.11 Å². The number of carboxylic acids is 1. The first kappa shape index (κ1) is 12.8. The molecule has 0 amide bonds. The summed E-state index contributed by atoms with van der Waals surface area (Å²) in [5.74, 6) is -0.992. The molecule has 0 saturated carbocycles. The normalized spacial score (nSPS) is 10.4. The van der Waals surface area contributed by atoms with Crippen LogP contribution < -0.4 is 0 Å². The Labute approximate surface area is 119 Å². The Balaban J connectivity index is 1.98. The van der Waals surface area contributed by atoms with E-state index in [0.717, 1.165) is 11.1 Å². The van der Waals surface area contributed by atoms with Gasteiger partial charge in [0.05, 0.1) is 29.3 Å². The summed E-state index contributed by atoms with van der Waals surface area (Å²) in [5.41, 5.74) is 2.99. The molecule has 0 unspecified atom stereocenters. The third-order valence-electron chi connectivity index (χ3n) is 3.15. The smallest absolute Gasteiger partial charge is 0.335 e. The first-order valence-electron chi connectivity index (χ1n) is 6.23. The Bertz CT molecular complexity index is 877. The minimum Gasteiger partial charge on any atom is -0.478 e. The van der Waals surface area contributed by atoms with E-state index in [1.54, 1.807) is 22.9 Å². The standard InChI is InChI=1S/C15H10N4O2/c16-8-10-2-1-3-11(6-10)9-19-14-5-4-12(15(20)21)7-13(14)17-18-19/h1-7H,9H2,(H,20,21). The number of hydrogen-bond donors (Lipinski definition) is 1. The summed E-state index contributed by atoms with van der Waals surface area (Å²) in [7, 11) is 0. The SMILES string of the molecule is N#Cc1cccc(Cn2nnc3cc(C(=O)O)ccc32)c1. The van der Waals surface area contributed by atoms with Gasteiger partial charge in [-0.25, -0.2) is 9.48 Å². The first-order valence-corrected chi connectivity index (χ1v) is 6.23. The lowest BCUT2D eigenvalue weighted by Gasteiger charge is -2.03. The van der Waals surface area contributed by atoms with Crippen LogP contribution in [0.25, 0.3) is 11.0 Å². The zero-order valence-electron chi connectivity index (χ0n) is 10.9. The van der Waals surface area contributed by atoms with Crippen molar-refractivity contribution in [3.8, 4) is 6.07 Å². The van der Waals surface area contributed by atoms with Gasteiger partial charge in [0.25, 0.3) is 0 Å². The molecule has 6 nitrogen and oxygen atoms in total. The van der Waals surface area contributed by atoms with Crippen LogP contribution in [0, 0.1) is 11.3 Å². The monoisotopic (exact) mass is 278 g/mol. The summed E-state index contributed by atoms with van der Waals surface area (Å²) < 4.78 is 1.68. The predicted octanol–water partition coefficient (Wildman–Crippen LogP) is 2.05. The maximum Gasteiger partial charge on any atom is 0.335 e. The van der Waals surface area contributed by atoms with Crippen molar-refractivity contribution >= 4 is 17.0 Å². The van der Waals surface area contributed by atoms with E-state index in [1.807, 2.05) is 12.1 Å². The molecule has 3 rings (SSSR count). The maximum atomic E-state index is 10.9. The van der Waals surface area contributed by atoms with Crippen LogP contribution in [0.4, 0.5) is 0 Å². The predicted molar refractivity (Wildman–Crippen MR) is 74.7 cm³/mol. The quantitative estimate of drug-likeness (QED) is 0.791. The fourth-order valence-electron chi connectivity index (χ4n) is 2.13. The van der Waals surface area contributed by atoms with E-state index in [0.29, 0.717) is 17.6 Å². The second kappa shape index (κ2) is 5.06. The zero-order chi connectivity index (χ0) is 14.8. The molecule has 1 N–H and O–H groups in total. The van der Waals surface area contributed by atoms with Crippen LogP contribution in [-0.4, -0.2) is 26.1 Å². The number of nitriles is 1. The van der Waals surface area contributed by atoms with Crippen LogP contribution in [0.15, 0.2) is 42.5 Å². The lowest BCUT2D eigenvalue weighted by atomic mass is 10.1. The molecule has 6 heteroatoms. The molecule has 0 spiro atoms.